The average Bonchev–Trinajstić information content (AvgIpc) is 2.75. The maximum absolute atomic E-state index is 9.50. The number of anilines is 2. The largest absolute Gasteiger partial charge is 0.368 e. The van der Waals surface area contributed by atoms with Crippen molar-refractivity contribution in [1.82, 2.24) is 15.0 Å². The first-order valence-electron chi connectivity index (χ1n) is 10.5. The van der Waals surface area contributed by atoms with Crippen LogP contribution in [0.5, 0.6) is 0 Å². The van der Waals surface area contributed by atoms with E-state index in [4.69, 9.17) is 5.73 Å². The molecule has 4 saturated carbocycles. The fraction of sp³-hybridized carbons (Fsp3) is 0.545. The minimum Gasteiger partial charge on any atom is -0.368 e. The molecule has 0 saturated heterocycles. The minimum atomic E-state index is 0.299. The molecule has 1 unspecified atom stereocenters. The van der Waals surface area contributed by atoms with E-state index in [0.29, 0.717) is 47.2 Å². The lowest BCUT2D eigenvalue weighted by atomic mass is 9.48. The van der Waals surface area contributed by atoms with E-state index in [2.05, 4.69) is 31.7 Å². The van der Waals surface area contributed by atoms with Gasteiger partial charge in [-0.05, 0) is 66.9 Å². The number of hydrogen-bond donors (Lipinski definition) is 3. The summed E-state index contributed by atoms with van der Waals surface area (Å²) >= 11 is 0. The van der Waals surface area contributed by atoms with Crippen molar-refractivity contribution < 1.29 is 0 Å². The Bertz CT molecular complexity index is 907. The number of pyridine rings is 1. The molecule has 0 amide bonds. The van der Waals surface area contributed by atoms with Crippen molar-refractivity contribution >= 4 is 11.8 Å². The van der Waals surface area contributed by atoms with Crippen molar-refractivity contribution in [2.24, 2.45) is 28.9 Å². The zero-order valence-electron chi connectivity index (χ0n) is 16.5. The van der Waals surface area contributed by atoms with E-state index in [1.165, 1.54) is 32.1 Å². The summed E-state index contributed by atoms with van der Waals surface area (Å²) in [6, 6.07) is 6.51. The molecule has 4 N–H and O–H groups in total. The second-order valence-corrected chi connectivity index (χ2v) is 9.18. The maximum atomic E-state index is 9.50. The van der Waals surface area contributed by atoms with Gasteiger partial charge >= 0.3 is 0 Å². The fourth-order valence-electron chi connectivity index (χ4n) is 6.09. The van der Waals surface area contributed by atoms with E-state index < -0.39 is 0 Å². The van der Waals surface area contributed by atoms with Crippen LogP contribution in [0.15, 0.2) is 30.7 Å². The van der Waals surface area contributed by atoms with Gasteiger partial charge in [-0.25, -0.2) is 4.98 Å². The summed E-state index contributed by atoms with van der Waals surface area (Å²) in [6.07, 6.45) is 11.4. The lowest BCUT2D eigenvalue weighted by Gasteiger charge is -2.59. The van der Waals surface area contributed by atoms with Gasteiger partial charge in [0.1, 0.15) is 17.5 Å². The van der Waals surface area contributed by atoms with E-state index in [1.807, 2.05) is 18.3 Å². The average molecular weight is 390 g/mol. The van der Waals surface area contributed by atoms with Crippen molar-refractivity contribution in [2.75, 3.05) is 17.2 Å². The van der Waals surface area contributed by atoms with Gasteiger partial charge in [-0.1, -0.05) is 6.07 Å². The van der Waals surface area contributed by atoms with Crippen molar-refractivity contribution in [1.29, 1.82) is 5.26 Å². The molecule has 2 heterocycles. The van der Waals surface area contributed by atoms with Gasteiger partial charge in [-0.2, -0.15) is 10.2 Å². The number of nitriles is 1. The van der Waals surface area contributed by atoms with Crippen LogP contribution in [-0.2, 0) is 6.54 Å². The first-order valence-corrected chi connectivity index (χ1v) is 10.5. The summed E-state index contributed by atoms with van der Waals surface area (Å²) in [5.74, 6) is 3.30. The second-order valence-electron chi connectivity index (χ2n) is 9.18. The number of hydrogen-bond acceptors (Lipinski definition) is 7. The summed E-state index contributed by atoms with van der Waals surface area (Å²) in [5, 5.41) is 16.2. The van der Waals surface area contributed by atoms with E-state index in [9.17, 15) is 5.26 Å². The first kappa shape index (κ1) is 18.3. The van der Waals surface area contributed by atoms with Gasteiger partial charge in [0.15, 0.2) is 0 Å². The monoisotopic (exact) mass is 389 g/mol. The zero-order chi connectivity index (χ0) is 19.8. The smallest absolute Gasteiger partial charge is 0.224 e. The minimum absolute atomic E-state index is 0.299. The Morgan fingerprint density at radius 1 is 1.17 bits per heavy atom. The molecule has 4 fully saturated rings. The Balaban J connectivity index is 1.29. The van der Waals surface area contributed by atoms with Crippen LogP contribution < -0.4 is 16.4 Å². The molecular weight excluding hydrogens is 362 g/mol. The lowest BCUT2D eigenvalue weighted by molar-refractivity contribution is -0.0591. The summed E-state index contributed by atoms with van der Waals surface area (Å²) < 4.78 is 0. The third-order valence-electron chi connectivity index (χ3n) is 7.19. The number of nitrogens with zero attached hydrogens (tertiary/aromatic N) is 4. The standard InChI is InChI=1S/C22H27N7/c23-9-18-12-27-21(26-11-14-2-1-3-25-10-14)29-20(18)28-13-22-6-15-4-16(7-22)19(24)17(5-15)8-22/h1-3,10,12,15-17,19H,4-8,11,13,24H2,(H2,26,27,28,29)/t15?,16-,17+,19-,22+. The Hall–Kier alpha value is -2.72. The van der Waals surface area contributed by atoms with Gasteiger partial charge in [0, 0.05) is 31.5 Å². The topological polar surface area (TPSA) is 113 Å². The van der Waals surface area contributed by atoms with Crippen LogP contribution in [0.1, 0.15) is 43.2 Å². The number of nitrogens with one attached hydrogen (secondary N) is 2. The summed E-state index contributed by atoms with van der Waals surface area (Å²) in [4.78, 5) is 13.0. The summed E-state index contributed by atoms with van der Waals surface area (Å²) in [7, 11) is 0. The van der Waals surface area contributed by atoms with E-state index in [0.717, 1.165) is 18.0 Å². The van der Waals surface area contributed by atoms with Gasteiger partial charge in [0.25, 0.3) is 0 Å². The lowest BCUT2D eigenvalue weighted by Crippen LogP contribution is -2.58. The Morgan fingerprint density at radius 2 is 2.00 bits per heavy atom. The van der Waals surface area contributed by atoms with Crippen LogP contribution >= 0.6 is 0 Å². The summed E-state index contributed by atoms with van der Waals surface area (Å²) in [5.41, 5.74) is 8.32. The molecule has 5 atom stereocenters. The van der Waals surface area contributed by atoms with Gasteiger partial charge in [-0.3, -0.25) is 4.98 Å². The molecule has 0 aromatic carbocycles. The molecule has 2 aromatic heterocycles. The highest BCUT2D eigenvalue weighted by molar-refractivity contribution is 5.53. The molecular formula is C22H27N7. The normalized spacial score (nSPS) is 32.0. The second kappa shape index (κ2) is 7.27. The van der Waals surface area contributed by atoms with E-state index in [1.54, 1.807) is 12.4 Å². The van der Waals surface area contributed by atoms with Gasteiger partial charge in [-0.15, -0.1) is 0 Å². The molecule has 0 spiro atoms. The predicted octanol–water partition coefficient (Wildman–Crippen LogP) is 2.92. The van der Waals surface area contributed by atoms with Crippen molar-refractivity contribution in [2.45, 2.75) is 44.7 Å². The van der Waals surface area contributed by atoms with Crippen LogP contribution in [0.4, 0.5) is 11.8 Å². The molecule has 4 aliphatic carbocycles. The molecule has 0 radical (unpaired) electrons. The number of aromatic nitrogens is 3. The predicted molar refractivity (Wildman–Crippen MR) is 111 cm³/mol. The highest BCUT2D eigenvalue weighted by Crippen LogP contribution is 2.59. The highest BCUT2D eigenvalue weighted by Gasteiger charge is 2.54. The molecule has 6 rings (SSSR count). The quantitative estimate of drug-likeness (QED) is 0.696. The molecule has 0 aliphatic heterocycles. The van der Waals surface area contributed by atoms with Crippen molar-refractivity contribution in [3.63, 3.8) is 0 Å². The number of rotatable bonds is 6. The SMILES string of the molecule is N#Cc1cnc(NCc2cccnc2)nc1NC[C@@]12CC3C[C@H](C1)[C@@H](N)[C@@H](C3)C2. The Labute approximate surface area is 171 Å². The van der Waals surface area contributed by atoms with Crippen molar-refractivity contribution in [3.8, 4) is 6.07 Å². The summed E-state index contributed by atoms with van der Waals surface area (Å²) in [6.45, 7) is 1.45. The highest BCUT2D eigenvalue weighted by atomic mass is 15.1. The molecule has 29 heavy (non-hydrogen) atoms. The zero-order valence-corrected chi connectivity index (χ0v) is 16.5. The molecule has 150 valence electrons. The molecule has 2 aromatic rings. The van der Waals surface area contributed by atoms with Crippen molar-refractivity contribution in [3.05, 3.63) is 41.9 Å². The van der Waals surface area contributed by atoms with Crippen LogP contribution in [0.25, 0.3) is 0 Å². The van der Waals surface area contributed by atoms with Gasteiger partial charge < -0.3 is 16.4 Å². The van der Waals surface area contributed by atoms with Crippen LogP contribution in [0.2, 0.25) is 0 Å². The van der Waals surface area contributed by atoms with Crippen LogP contribution in [-0.4, -0.2) is 27.5 Å². The van der Waals surface area contributed by atoms with E-state index >= 15 is 0 Å². The Morgan fingerprint density at radius 3 is 2.72 bits per heavy atom. The van der Waals surface area contributed by atoms with Gasteiger partial charge in [0.05, 0.1) is 6.20 Å². The first-order chi connectivity index (χ1) is 14.1. The third kappa shape index (κ3) is 3.53. The van der Waals surface area contributed by atoms with Crippen LogP contribution in [0.3, 0.4) is 0 Å². The molecule has 7 heteroatoms. The Kier molecular flexibility index (Phi) is 4.59. The third-order valence-corrected chi connectivity index (χ3v) is 7.19. The van der Waals surface area contributed by atoms with Crippen LogP contribution in [0, 0.1) is 34.5 Å². The molecule has 4 bridgehead atoms. The number of nitrogens with two attached hydrogens (primary N) is 1. The molecule has 7 nitrogen and oxygen atoms in total. The fourth-order valence-corrected chi connectivity index (χ4v) is 6.09. The molecule has 4 aliphatic rings. The van der Waals surface area contributed by atoms with Gasteiger partial charge in [0.2, 0.25) is 5.95 Å². The maximum Gasteiger partial charge on any atom is 0.224 e. The van der Waals surface area contributed by atoms with E-state index in [-0.39, 0.29) is 0 Å².